The minimum absolute atomic E-state index is 0.618. The molecular weight excluding hydrogens is 590 g/mol. The Bertz CT molecular complexity index is 8.00. The van der Waals surface area contributed by atoms with Gasteiger partial charge in [-0.15, -0.1) is 0 Å². The van der Waals surface area contributed by atoms with E-state index in [1.165, 1.54) is 0 Å². The van der Waals surface area contributed by atoms with Crippen molar-refractivity contribution in [3.8, 4) is 0 Å². The molecule has 1 radical (unpaired) electrons. The first-order chi connectivity index (χ1) is 1.73. The van der Waals surface area contributed by atoms with E-state index in [4.69, 9.17) is 0 Å². The van der Waals surface area contributed by atoms with Crippen LogP contribution in [0.1, 0.15) is 0 Å². The Kier molecular flexibility index (Phi) is 7.53. The second-order valence-corrected chi connectivity index (χ2v) is 69.1. The number of rotatable bonds is 0. The Morgan fingerprint density at radius 3 is 1.00 bits per heavy atom. The Balaban J connectivity index is 2.32. The van der Waals surface area contributed by atoms with Gasteiger partial charge in [0.1, 0.15) is 0 Å². The molecule has 0 spiro atoms. The normalized spacial score (nSPS) is 9.00. The summed E-state index contributed by atoms with van der Waals surface area (Å²) < 4.78 is 0. The third-order valence-electron chi connectivity index (χ3n) is 0. The monoisotopic (exact) mass is 590 g/mol. The van der Waals surface area contributed by atoms with Crippen molar-refractivity contribution in [3.63, 3.8) is 0 Å². The molecule has 0 aromatic carbocycles. The van der Waals surface area contributed by atoms with Gasteiger partial charge < -0.3 is 0 Å². The minimum atomic E-state index is -0.618. The second-order valence-electron chi connectivity index (χ2n) is 0.175. The zero-order valence-electron chi connectivity index (χ0n) is 1.54. The van der Waals surface area contributed by atoms with Crippen molar-refractivity contribution in [2.45, 2.75) is 0 Å². The van der Waals surface area contributed by atoms with Gasteiger partial charge in [-0.1, -0.05) is 0 Å². The van der Waals surface area contributed by atoms with Crippen molar-refractivity contribution in [2.75, 3.05) is 0 Å². The van der Waals surface area contributed by atoms with E-state index in [0.29, 0.717) is 0 Å². The first-order valence-corrected chi connectivity index (χ1v) is 27.2. The van der Waals surface area contributed by atoms with Gasteiger partial charge >= 0.3 is 63.2 Å². The van der Waals surface area contributed by atoms with Gasteiger partial charge in [0.2, 0.25) is 0 Å². The zero-order chi connectivity index (χ0) is 3.58. The molecule has 4 heavy (non-hydrogen) atoms. The van der Waals surface area contributed by atoms with Crippen molar-refractivity contribution >= 4 is 63.2 Å². The molecule has 0 aliphatic rings. The van der Waals surface area contributed by atoms with Crippen molar-refractivity contribution < 1.29 is 0 Å². The van der Waals surface area contributed by atoms with Gasteiger partial charge in [-0.05, 0) is 0 Å². The van der Waals surface area contributed by atoms with Crippen LogP contribution in [0.2, 0.25) is 0 Å². The SMILES string of the molecule is [I][Po]([I])[I]. The molecule has 0 saturated carbocycles. The molecule has 0 aromatic heterocycles. The summed E-state index contributed by atoms with van der Waals surface area (Å²) in [5.74, 6) is 0. The van der Waals surface area contributed by atoms with Crippen LogP contribution in [0.5, 0.6) is 0 Å². The molecule has 0 nitrogen and oxygen atoms in total. The maximum atomic E-state index is 2.51. The summed E-state index contributed by atoms with van der Waals surface area (Å²) in [7, 11) is -0.618. The Hall–Kier alpha value is 3.09. The van der Waals surface area contributed by atoms with E-state index in [1.807, 2.05) is 0 Å². The molecule has 0 rings (SSSR count). The third kappa shape index (κ3) is 8.92. The predicted octanol–water partition coefficient (Wildman–Crippen LogP) is 2.28. The van der Waals surface area contributed by atoms with Gasteiger partial charge in [0, 0.05) is 0 Å². The Labute approximate surface area is 61.1 Å². The fourth-order valence-corrected chi connectivity index (χ4v) is 0. The van der Waals surface area contributed by atoms with E-state index in [1.54, 1.807) is 0 Å². The van der Waals surface area contributed by atoms with E-state index in [0.717, 1.165) is 0 Å². The van der Waals surface area contributed by atoms with E-state index in [-0.39, 0.29) is 0 Å². The van der Waals surface area contributed by atoms with Crippen molar-refractivity contribution in [2.24, 2.45) is 0 Å². The number of hydrogen-bond donors (Lipinski definition) is 0. The first-order valence-electron chi connectivity index (χ1n) is 0.463. The molecule has 0 atom stereocenters. The van der Waals surface area contributed by atoms with E-state index in [9.17, 15) is 0 Å². The van der Waals surface area contributed by atoms with Gasteiger partial charge in [0.25, 0.3) is 0 Å². The molecular formula is I3Po. The van der Waals surface area contributed by atoms with Crippen LogP contribution < -0.4 is 0 Å². The fourth-order valence-electron chi connectivity index (χ4n) is 0. The fraction of sp³-hybridized carbons (Fsp3) is 0. The van der Waals surface area contributed by atoms with E-state index in [2.05, 4.69) is 53.9 Å². The van der Waals surface area contributed by atoms with E-state index < -0.39 is 9.39 Å². The standard InChI is InChI=1S/3HI.Po/h3*1H;/q;;;+3/p-3. The zero-order valence-corrected chi connectivity index (χ0v) is 11.2. The third-order valence-corrected chi connectivity index (χ3v) is 0. The molecule has 4 heteroatoms. The summed E-state index contributed by atoms with van der Waals surface area (Å²) in [6.07, 6.45) is 0. The van der Waals surface area contributed by atoms with Crippen LogP contribution >= 0.6 is 53.9 Å². The van der Waals surface area contributed by atoms with Gasteiger partial charge in [0.05, 0.1) is 0 Å². The average Bonchev–Trinajstić information content (AvgIpc) is 0.811. The number of halogens is 3. The van der Waals surface area contributed by atoms with Crippen LogP contribution in [-0.4, -0.2) is 9.39 Å². The van der Waals surface area contributed by atoms with Crippen molar-refractivity contribution in [1.82, 2.24) is 0 Å². The predicted molar refractivity (Wildman–Crippen MR) is 47.8 cm³/mol. The molecule has 0 bridgehead atoms. The van der Waals surface area contributed by atoms with Crippen LogP contribution in [0.3, 0.4) is 0 Å². The first kappa shape index (κ1) is 7.09. The van der Waals surface area contributed by atoms with Crippen LogP contribution in [0.25, 0.3) is 0 Å². The second kappa shape index (κ2) is 4.25. The van der Waals surface area contributed by atoms with Gasteiger partial charge in [-0.25, -0.2) is 0 Å². The summed E-state index contributed by atoms with van der Waals surface area (Å²) in [6.45, 7) is 0. The van der Waals surface area contributed by atoms with Crippen LogP contribution in [-0.2, 0) is 0 Å². The summed E-state index contributed by atoms with van der Waals surface area (Å²) >= 11 is 7.53. The quantitative estimate of drug-likeness (QED) is 0.381. The molecule has 0 N–H and O–H groups in total. The average molecular weight is 590 g/mol. The maximum absolute atomic E-state index is 2.51. The Morgan fingerprint density at radius 1 is 1.00 bits per heavy atom. The summed E-state index contributed by atoms with van der Waals surface area (Å²) in [6, 6.07) is 0. The molecule has 27 valence electrons. The van der Waals surface area contributed by atoms with Crippen LogP contribution in [0.4, 0.5) is 0 Å². The summed E-state index contributed by atoms with van der Waals surface area (Å²) in [4.78, 5) is 0. The van der Waals surface area contributed by atoms with Crippen LogP contribution in [0.15, 0.2) is 0 Å². The molecule has 0 amide bonds. The molecule has 0 aromatic rings. The van der Waals surface area contributed by atoms with Crippen LogP contribution in [0, 0.1) is 0 Å². The molecule has 0 aliphatic heterocycles. The molecule has 0 heterocycles. The Morgan fingerprint density at radius 2 is 1.00 bits per heavy atom. The summed E-state index contributed by atoms with van der Waals surface area (Å²) in [5, 5.41) is 0. The van der Waals surface area contributed by atoms with Gasteiger partial charge in [-0.3, -0.25) is 0 Å². The molecule has 0 fully saturated rings. The summed E-state index contributed by atoms with van der Waals surface area (Å²) in [5.41, 5.74) is 0. The molecule has 0 saturated heterocycles. The van der Waals surface area contributed by atoms with Gasteiger partial charge in [-0.2, -0.15) is 0 Å². The van der Waals surface area contributed by atoms with Crippen molar-refractivity contribution in [1.29, 1.82) is 0 Å². The number of hydrogen-bond acceptors (Lipinski definition) is 0. The van der Waals surface area contributed by atoms with Crippen molar-refractivity contribution in [3.05, 3.63) is 0 Å². The van der Waals surface area contributed by atoms with Gasteiger partial charge in [0.15, 0.2) is 0 Å². The molecule has 0 aliphatic carbocycles. The molecule has 0 unspecified atom stereocenters. The topological polar surface area (TPSA) is 0 Å². The van der Waals surface area contributed by atoms with E-state index >= 15 is 0 Å².